The number of hydrogen-bond donors (Lipinski definition) is 1. The summed E-state index contributed by atoms with van der Waals surface area (Å²) >= 11 is 4.80. The van der Waals surface area contributed by atoms with Crippen LogP contribution in [0, 0.1) is 6.92 Å². The lowest BCUT2D eigenvalue weighted by atomic mass is 10.4. The average Bonchev–Trinajstić information content (AvgIpc) is 2.33. The maximum absolute atomic E-state index is 5.41. The fraction of sp³-hybridized carbons (Fsp3) is 0.444. The molecule has 0 aromatic carbocycles. The number of nitrogens with zero attached hydrogens (tertiary/aromatic N) is 1. The van der Waals surface area contributed by atoms with Crippen molar-refractivity contribution in [2.24, 2.45) is 5.73 Å². The Morgan fingerprint density at radius 3 is 2.77 bits per heavy atom. The van der Waals surface area contributed by atoms with E-state index in [-0.39, 0.29) is 0 Å². The van der Waals surface area contributed by atoms with Crippen LogP contribution in [-0.4, -0.2) is 23.5 Å². The van der Waals surface area contributed by atoms with Crippen LogP contribution in [0.3, 0.4) is 0 Å². The van der Waals surface area contributed by atoms with E-state index in [0.717, 1.165) is 18.1 Å². The highest BCUT2D eigenvalue weighted by atomic mass is 32.1. The molecular formula is C9H14N2OS. The van der Waals surface area contributed by atoms with Crippen LogP contribution in [0.2, 0.25) is 0 Å². The SMILES string of the molecule is Cc1ccc(CN(C)CC(N)=S)o1. The molecule has 1 heterocycles. The molecular weight excluding hydrogens is 184 g/mol. The monoisotopic (exact) mass is 198 g/mol. The number of rotatable bonds is 4. The largest absolute Gasteiger partial charge is 0.465 e. The minimum absolute atomic E-state index is 0.505. The Hall–Kier alpha value is -0.870. The highest BCUT2D eigenvalue weighted by molar-refractivity contribution is 7.80. The zero-order valence-electron chi connectivity index (χ0n) is 7.91. The highest BCUT2D eigenvalue weighted by Gasteiger charge is 2.04. The van der Waals surface area contributed by atoms with Crippen molar-refractivity contribution in [3.05, 3.63) is 23.7 Å². The van der Waals surface area contributed by atoms with E-state index in [2.05, 4.69) is 0 Å². The van der Waals surface area contributed by atoms with Crippen molar-refractivity contribution >= 4 is 17.2 Å². The fourth-order valence-corrected chi connectivity index (χ4v) is 1.38. The molecule has 2 N–H and O–H groups in total. The summed E-state index contributed by atoms with van der Waals surface area (Å²) in [6.07, 6.45) is 0. The number of hydrogen-bond acceptors (Lipinski definition) is 3. The maximum Gasteiger partial charge on any atom is 0.118 e. The van der Waals surface area contributed by atoms with E-state index in [1.165, 1.54) is 0 Å². The quantitative estimate of drug-likeness (QED) is 0.741. The number of furan rings is 1. The molecule has 0 amide bonds. The Morgan fingerprint density at radius 2 is 2.31 bits per heavy atom. The van der Waals surface area contributed by atoms with Crippen molar-refractivity contribution in [3.63, 3.8) is 0 Å². The molecule has 72 valence electrons. The Balaban J connectivity index is 2.44. The van der Waals surface area contributed by atoms with E-state index in [1.807, 2.05) is 31.0 Å². The zero-order valence-corrected chi connectivity index (χ0v) is 8.73. The molecule has 0 saturated carbocycles. The molecule has 0 unspecified atom stereocenters. The number of thiocarbonyl (C=S) groups is 1. The summed E-state index contributed by atoms with van der Waals surface area (Å²) < 4.78 is 5.41. The third kappa shape index (κ3) is 3.57. The van der Waals surface area contributed by atoms with Crippen LogP contribution in [0.1, 0.15) is 11.5 Å². The molecule has 0 aliphatic rings. The van der Waals surface area contributed by atoms with Gasteiger partial charge >= 0.3 is 0 Å². The molecule has 1 aromatic heterocycles. The Labute approximate surface area is 83.5 Å². The molecule has 0 bridgehead atoms. The highest BCUT2D eigenvalue weighted by Crippen LogP contribution is 2.07. The number of nitrogens with two attached hydrogens (primary N) is 1. The summed E-state index contributed by atoms with van der Waals surface area (Å²) in [5.41, 5.74) is 5.41. The molecule has 1 aromatic rings. The van der Waals surface area contributed by atoms with Gasteiger partial charge in [-0.3, -0.25) is 4.90 Å². The summed E-state index contributed by atoms with van der Waals surface area (Å²) in [6.45, 7) is 3.29. The molecule has 0 fully saturated rings. The van der Waals surface area contributed by atoms with Crippen molar-refractivity contribution in [1.82, 2.24) is 4.90 Å². The topological polar surface area (TPSA) is 42.4 Å². The van der Waals surface area contributed by atoms with Crippen molar-refractivity contribution in [2.75, 3.05) is 13.6 Å². The van der Waals surface area contributed by atoms with Crippen LogP contribution in [-0.2, 0) is 6.54 Å². The molecule has 3 nitrogen and oxygen atoms in total. The maximum atomic E-state index is 5.41. The first-order valence-corrected chi connectivity index (χ1v) is 4.51. The van der Waals surface area contributed by atoms with Gasteiger partial charge in [-0.05, 0) is 26.1 Å². The lowest BCUT2D eigenvalue weighted by Gasteiger charge is -2.13. The molecule has 0 radical (unpaired) electrons. The Bertz CT molecular complexity index is 296. The van der Waals surface area contributed by atoms with E-state index < -0.39 is 0 Å². The molecule has 4 heteroatoms. The normalized spacial score (nSPS) is 10.7. The van der Waals surface area contributed by atoms with E-state index in [4.69, 9.17) is 22.4 Å². The van der Waals surface area contributed by atoms with Gasteiger partial charge in [-0.2, -0.15) is 0 Å². The molecule has 0 atom stereocenters. The van der Waals surface area contributed by atoms with Gasteiger partial charge in [0, 0.05) is 6.54 Å². The van der Waals surface area contributed by atoms with Crippen molar-refractivity contribution < 1.29 is 4.42 Å². The van der Waals surface area contributed by atoms with Crippen molar-refractivity contribution in [3.8, 4) is 0 Å². The Morgan fingerprint density at radius 1 is 1.62 bits per heavy atom. The number of aryl methyl sites for hydroxylation is 1. The lowest BCUT2D eigenvalue weighted by Crippen LogP contribution is -2.28. The summed E-state index contributed by atoms with van der Waals surface area (Å²) in [7, 11) is 1.96. The van der Waals surface area contributed by atoms with Gasteiger partial charge in [0.25, 0.3) is 0 Å². The Kier molecular flexibility index (Phi) is 3.45. The first-order chi connectivity index (χ1) is 6.08. The van der Waals surface area contributed by atoms with Crippen LogP contribution in [0.15, 0.2) is 16.5 Å². The molecule has 0 saturated heterocycles. The first-order valence-electron chi connectivity index (χ1n) is 4.10. The van der Waals surface area contributed by atoms with E-state index in [1.54, 1.807) is 0 Å². The van der Waals surface area contributed by atoms with Crippen molar-refractivity contribution in [1.29, 1.82) is 0 Å². The van der Waals surface area contributed by atoms with E-state index >= 15 is 0 Å². The molecule has 1 rings (SSSR count). The van der Waals surface area contributed by atoms with Gasteiger partial charge in [0.15, 0.2) is 0 Å². The predicted octanol–water partition coefficient (Wildman–Crippen LogP) is 1.31. The van der Waals surface area contributed by atoms with Gasteiger partial charge in [-0.15, -0.1) is 0 Å². The minimum Gasteiger partial charge on any atom is -0.465 e. The molecule has 0 aliphatic heterocycles. The second-order valence-electron chi connectivity index (χ2n) is 3.15. The second-order valence-corrected chi connectivity index (χ2v) is 3.68. The van der Waals surface area contributed by atoms with Gasteiger partial charge in [0.2, 0.25) is 0 Å². The minimum atomic E-state index is 0.505. The first kappa shape index (κ1) is 10.2. The lowest BCUT2D eigenvalue weighted by molar-refractivity contribution is 0.326. The third-order valence-corrected chi connectivity index (χ3v) is 1.78. The van der Waals surface area contributed by atoms with E-state index in [9.17, 15) is 0 Å². The van der Waals surface area contributed by atoms with Gasteiger partial charge in [-0.1, -0.05) is 12.2 Å². The van der Waals surface area contributed by atoms with Crippen LogP contribution in [0.4, 0.5) is 0 Å². The standard InChI is InChI=1S/C9H14N2OS/c1-7-3-4-8(12-7)5-11(2)6-9(10)13/h3-4H,5-6H2,1-2H3,(H2,10,13). The molecule has 0 aliphatic carbocycles. The smallest absolute Gasteiger partial charge is 0.118 e. The third-order valence-electron chi connectivity index (χ3n) is 1.65. The predicted molar refractivity (Wildman–Crippen MR) is 56.6 cm³/mol. The van der Waals surface area contributed by atoms with Crippen LogP contribution in [0.25, 0.3) is 0 Å². The van der Waals surface area contributed by atoms with Crippen LogP contribution in [0.5, 0.6) is 0 Å². The zero-order chi connectivity index (χ0) is 9.84. The summed E-state index contributed by atoms with van der Waals surface area (Å²) in [5, 5.41) is 0. The molecule has 13 heavy (non-hydrogen) atoms. The fourth-order valence-electron chi connectivity index (χ4n) is 1.16. The van der Waals surface area contributed by atoms with Gasteiger partial charge in [0.05, 0.1) is 11.5 Å². The van der Waals surface area contributed by atoms with Gasteiger partial charge in [0.1, 0.15) is 11.5 Å². The van der Waals surface area contributed by atoms with Crippen molar-refractivity contribution in [2.45, 2.75) is 13.5 Å². The number of likely N-dealkylation sites (N-methyl/N-ethyl adjacent to an activating group) is 1. The van der Waals surface area contributed by atoms with Gasteiger partial charge in [-0.25, -0.2) is 0 Å². The van der Waals surface area contributed by atoms with Crippen LogP contribution >= 0.6 is 12.2 Å². The van der Waals surface area contributed by atoms with Gasteiger partial charge < -0.3 is 10.2 Å². The summed E-state index contributed by atoms with van der Waals surface area (Å²) in [4.78, 5) is 2.52. The second kappa shape index (κ2) is 4.39. The average molecular weight is 198 g/mol. The van der Waals surface area contributed by atoms with Crippen LogP contribution < -0.4 is 5.73 Å². The summed E-state index contributed by atoms with van der Waals surface area (Å²) in [5.74, 6) is 1.87. The molecule has 0 spiro atoms. The van der Waals surface area contributed by atoms with E-state index in [0.29, 0.717) is 11.5 Å². The summed E-state index contributed by atoms with van der Waals surface area (Å²) in [6, 6.07) is 3.91.